The topological polar surface area (TPSA) is 65.0 Å². The Morgan fingerprint density at radius 3 is 2.61 bits per heavy atom. The van der Waals surface area contributed by atoms with E-state index in [-0.39, 0.29) is 23.8 Å². The molecule has 1 saturated heterocycles. The molecule has 5 nitrogen and oxygen atoms in total. The Labute approximate surface area is 219 Å². The Kier molecular flexibility index (Phi) is 8.07. The van der Waals surface area contributed by atoms with Gasteiger partial charge in [0.2, 0.25) is 0 Å². The number of aryl methyl sites for hydroxylation is 2. The third-order valence-corrected chi connectivity index (χ3v) is 8.98. The van der Waals surface area contributed by atoms with Crippen LogP contribution < -0.4 is 4.74 Å². The zero-order chi connectivity index (χ0) is 26.1. The molecule has 0 radical (unpaired) electrons. The lowest BCUT2D eigenvalue weighted by molar-refractivity contribution is 0.0148. The summed E-state index contributed by atoms with van der Waals surface area (Å²) in [5, 5.41) is 10.8. The summed E-state index contributed by atoms with van der Waals surface area (Å²) in [7, 11) is -3.42. The summed E-state index contributed by atoms with van der Waals surface area (Å²) in [6.07, 6.45) is 7.67. The van der Waals surface area contributed by atoms with E-state index in [1.807, 2.05) is 36.4 Å². The Morgan fingerprint density at radius 1 is 1.22 bits per heavy atom. The number of aromatic hydroxyl groups is 1. The first-order chi connectivity index (χ1) is 17.0. The molecule has 0 amide bonds. The fourth-order valence-electron chi connectivity index (χ4n) is 5.02. The van der Waals surface area contributed by atoms with Crippen molar-refractivity contribution in [1.29, 1.82) is 0 Å². The van der Waals surface area contributed by atoms with Crippen molar-refractivity contribution >= 4 is 19.2 Å². The van der Waals surface area contributed by atoms with Crippen molar-refractivity contribution < 1.29 is 23.5 Å². The molecule has 1 N–H and O–H groups in total. The van der Waals surface area contributed by atoms with Crippen LogP contribution in [0.2, 0.25) is 0 Å². The van der Waals surface area contributed by atoms with Gasteiger partial charge in [0, 0.05) is 10.4 Å². The van der Waals surface area contributed by atoms with Crippen molar-refractivity contribution in [3.63, 3.8) is 0 Å². The fraction of sp³-hybridized carbons (Fsp3) is 0.448. The number of halogens is 1. The largest absolute Gasteiger partial charge is 0.508 e. The molecule has 0 saturated carbocycles. The average molecular weight is 531 g/mol. The zero-order valence-corrected chi connectivity index (χ0v) is 23.4. The quantitative estimate of drug-likeness (QED) is 0.366. The number of phenolic OH excluding ortho intramolecular Hbond substituents is 1. The number of rotatable bonds is 7. The van der Waals surface area contributed by atoms with Crippen LogP contribution in [0.25, 0.3) is 0 Å². The molecular weight excluding hydrogens is 495 g/mol. The van der Waals surface area contributed by atoms with E-state index < -0.39 is 7.60 Å². The van der Waals surface area contributed by atoms with Crippen LogP contribution in [0.3, 0.4) is 0 Å². The van der Waals surface area contributed by atoms with Gasteiger partial charge in [0.15, 0.2) is 6.35 Å². The van der Waals surface area contributed by atoms with E-state index in [0.29, 0.717) is 29.6 Å². The molecule has 194 valence electrons. The number of phenols is 1. The highest BCUT2D eigenvalue weighted by Gasteiger charge is 2.43. The van der Waals surface area contributed by atoms with E-state index in [9.17, 15) is 9.67 Å². The second kappa shape index (κ2) is 10.8. The Balaban J connectivity index is 1.45. The molecule has 1 heterocycles. The number of hydrogen-bond acceptors (Lipinski definition) is 5. The van der Waals surface area contributed by atoms with E-state index in [2.05, 4.69) is 40.7 Å². The van der Waals surface area contributed by atoms with Gasteiger partial charge in [-0.3, -0.25) is 4.57 Å². The number of allylic oxidation sites excluding steroid dienone is 3. The predicted molar refractivity (Wildman–Crippen MR) is 145 cm³/mol. The molecule has 2 aromatic carbocycles. The molecule has 1 unspecified atom stereocenters. The van der Waals surface area contributed by atoms with Gasteiger partial charge in [0.1, 0.15) is 11.5 Å². The molecule has 1 fully saturated rings. The number of ether oxygens (including phenoxy) is 1. The molecule has 2 aliphatic rings. The smallest absolute Gasteiger partial charge is 0.368 e. The van der Waals surface area contributed by atoms with Crippen molar-refractivity contribution in [2.24, 2.45) is 5.41 Å². The van der Waals surface area contributed by atoms with Gasteiger partial charge in [0.05, 0.1) is 12.7 Å². The first-order valence-electron chi connectivity index (χ1n) is 12.5. The first kappa shape index (κ1) is 27.0. The zero-order valence-electron chi connectivity index (χ0n) is 21.7. The van der Waals surface area contributed by atoms with Gasteiger partial charge in [-0.15, -0.1) is 0 Å². The lowest BCUT2D eigenvalue weighted by Gasteiger charge is -2.40. The minimum Gasteiger partial charge on any atom is -0.508 e. The van der Waals surface area contributed by atoms with Crippen LogP contribution in [-0.2, 0) is 20.0 Å². The Hall–Kier alpha value is -2.04. The second-order valence-electron chi connectivity index (χ2n) is 10.5. The maximum absolute atomic E-state index is 13.4. The van der Waals surface area contributed by atoms with Crippen molar-refractivity contribution in [2.75, 3.05) is 13.0 Å². The minimum atomic E-state index is -3.42. The van der Waals surface area contributed by atoms with Gasteiger partial charge in [-0.2, -0.15) is 0 Å². The summed E-state index contributed by atoms with van der Waals surface area (Å²) in [4.78, 5) is 0. The van der Waals surface area contributed by atoms with Gasteiger partial charge >= 0.3 is 7.60 Å². The summed E-state index contributed by atoms with van der Waals surface area (Å²) in [5.74, 6) is 1.23. The van der Waals surface area contributed by atoms with Crippen LogP contribution >= 0.6 is 19.2 Å². The van der Waals surface area contributed by atoms with E-state index in [1.54, 1.807) is 6.07 Å². The van der Waals surface area contributed by atoms with E-state index in [4.69, 9.17) is 25.4 Å². The maximum atomic E-state index is 13.4. The number of benzene rings is 2. The van der Waals surface area contributed by atoms with Crippen LogP contribution in [-0.4, -0.2) is 24.2 Å². The van der Waals surface area contributed by atoms with E-state index >= 15 is 0 Å². The maximum Gasteiger partial charge on any atom is 0.368 e. The second-order valence-corrected chi connectivity index (χ2v) is 12.9. The molecule has 2 aromatic rings. The summed E-state index contributed by atoms with van der Waals surface area (Å²) in [6.45, 7) is 10.7. The predicted octanol–water partition coefficient (Wildman–Crippen LogP) is 8.15. The molecule has 7 heteroatoms. The van der Waals surface area contributed by atoms with Crippen LogP contribution in [0.4, 0.5) is 0 Å². The molecule has 0 bridgehead atoms. The van der Waals surface area contributed by atoms with Gasteiger partial charge < -0.3 is 18.9 Å². The van der Waals surface area contributed by atoms with Crippen LogP contribution in [0, 0.1) is 19.3 Å². The molecule has 4 rings (SSSR count). The van der Waals surface area contributed by atoms with Gasteiger partial charge in [0.25, 0.3) is 0 Å². The van der Waals surface area contributed by atoms with Crippen molar-refractivity contribution in [1.82, 2.24) is 0 Å². The molecule has 36 heavy (non-hydrogen) atoms. The highest BCUT2D eigenvalue weighted by molar-refractivity contribution is 7.53. The monoisotopic (exact) mass is 530 g/mol. The van der Waals surface area contributed by atoms with Crippen molar-refractivity contribution in [3.8, 4) is 11.5 Å². The summed E-state index contributed by atoms with van der Waals surface area (Å²) < 4.78 is 31.0. The number of hydrogen-bond donors (Lipinski definition) is 1. The van der Waals surface area contributed by atoms with Crippen LogP contribution in [0.1, 0.15) is 67.3 Å². The van der Waals surface area contributed by atoms with Crippen LogP contribution in [0.5, 0.6) is 11.5 Å². The third-order valence-electron chi connectivity index (χ3n) is 7.15. The third kappa shape index (κ3) is 6.08. The summed E-state index contributed by atoms with van der Waals surface area (Å²) >= 11 is 6.24. The minimum absolute atomic E-state index is 0.138. The van der Waals surface area contributed by atoms with E-state index in [0.717, 1.165) is 35.1 Å². The Bertz CT molecular complexity index is 1210. The molecule has 0 aromatic heterocycles. The molecule has 1 aliphatic heterocycles. The Morgan fingerprint density at radius 2 is 1.94 bits per heavy atom. The van der Waals surface area contributed by atoms with Gasteiger partial charge in [-0.1, -0.05) is 56.7 Å². The van der Waals surface area contributed by atoms with Crippen LogP contribution in [0.15, 0.2) is 53.6 Å². The van der Waals surface area contributed by atoms with E-state index in [1.165, 1.54) is 5.56 Å². The highest BCUT2D eigenvalue weighted by Crippen LogP contribution is 2.56. The SMILES string of the molecule is Cc1cc(OCP2(=O)OCC[C@@H]([C@@]3(C)C=C(Cl)C=CC3)O2)cc(C)c1Cc1ccc(O)c(C(C)C)c1. The molecule has 1 aliphatic carbocycles. The fourth-order valence-corrected chi connectivity index (χ4v) is 6.97. The average Bonchev–Trinajstić information content (AvgIpc) is 2.81. The normalized spacial score (nSPS) is 26.2. The lowest BCUT2D eigenvalue weighted by atomic mass is 9.77. The van der Waals surface area contributed by atoms with Gasteiger partial charge in [-0.05, 0) is 91.1 Å². The summed E-state index contributed by atoms with van der Waals surface area (Å²) in [5.41, 5.74) is 5.16. The standard InChI is InChI=1S/C29H36ClO5P/c1-19(2)25-15-22(8-9-27(25)31)16-26-20(3)13-24(14-21(26)4)33-18-36(32)34-12-10-28(35-36)29(5)11-6-7-23(30)17-29/h6-9,13-15,17,19,28,31H,10-12,16,18H2,1-5H3/t28-,29+,36?/m0/s1. The van der Waals surface area contributed by atoms with Gasteiger partial charge in [-0.25, -0.2) is 0 Å². The molecule has 3 atom stereocenters. The molecular formula is C29H36ClO5P. The molecule has 0 spiro atoms. The van der Waals surface area contributed by atoms with Crippen molar-refractivity contribution in [2.45, 2.75) is 65.9 Å². The lowest BCUT2D eigenvalue weighted by Crippen LogP contribution is -2.37. The summed E-state index contributed by atoms with van der Waals surface area (Å²) in [6, 6.07) is 9.75. The van der Waals surface area contributed by atoms with Crippen molar-refractivity contribution in [3.05, 3.63) is 81.4 Å². The first-order valence-corrected chi connectivity index (χ1v) is 14.6. The highest BCUT2D eigenvalue weighted by atomic mass is 35.5.